The Morgan fingerprint density at radius 2 is 2.10 bits per heavy atom. The number of carbonyl (C=O) groups excluding carboxylic acids is 2. The third-order valence-electron chi connectivity index (χ3n) is 6.10. The molecule has 29 heavy (non-hydrogen) atoms. The molecule has 4 rings (SSSR count). The zero-order valence-corrected chi connectivity index (χ0v) is 16.5. The van der Waals surface area contributed by atoms with Crippen LogP contribution in [0.4, 0.5) is 5.69 Å². The Kier molecular flexibility index (Phi) is 5.06. The van der Waals surface area contributed by atoms with Crippen LogP contribution < -0.4 is 10.2 Å². The van der Waals surface area contributed by atoms with Gasteiger partial charge in [-0.05, 0) is 62.9 Å². The second-order valence-corrected chi connectivity index (χ2v) is 8.08. The van der Waals surface area contributed by atoms with Gasteiger partial charge >= 0.3 is 0 Å². The van der Waals surface area contributed by atoms with E-state index in [1.165, 1.54) is 0 Å². The zero-order chi connectivity index (χ0) is 20.4. The quantitative estimate of drug-likeness (QED) is 0.874. The molecule has 0 unspecified atom stereocenters. The average Bonchev–Trinajstić information content (AvgIpc) is 3.03. The second kappa shape index (κ2) is 7.67. The summed E-state index contributed by atoms with van der Waals surface area (Å²) in [7, 11) is 0. The number of hydrogen-bond donors (Lipinski definition) is 1. The Labute approximate surface area is 170 Å². The zero-order valence-electron chi connectivity index (χ0n) is 16.5. The molecule has 0 radical (unpaired) electrons. The van der Waals surface area contributed by atoms with Crippen molar-refractivity contribution in [3.63, 3.8) is 0 Å². The van der Waals surface area contributed by atoms with Gasteiger partial charge in [0.1, 0.15) is 5.69 Å². The minimum Gasteiger partial charge on any atom is -0.348 e. The van der Waals surface area contributed by atoms with Crippen molar-refractivity contribution in [2.45, 2.75) is 45.1 Å². The molecule has 2 heterocycles. The van der Waals surface area contributed by atoms with Crippen LogP contribution in [0.3, 0.4) is 0 Å². The van der Waals surface area contributed by atoms with E-state index < -0.39 is 5.41 Å². The number of nitrogens with one attached hydrogen (secondary N) is 1. The first-order valence-electron chi connectivity index (χ1n) is 10.1. The van der Waals surface area contributed by atoms with Crippen molar-refractivity contribution in [2.24, 2.45) is 5.41 Å². The summed E-state index contributed by atoms with van der Waals surface area (Å²) in [5.41, 5.74) is 2.12. The smallest absolute Gasteiger partial charge is 0.270 e. The van der Waals surface area contributed by atoms with Gasteiger partial charge in [-0.2, -0.15) is 5.26 Å². The predicted octanol–water partition coefficient (Wildman–Crippen LogP) is 3.36. The number of amides is 2. The molecule has 1 aromatic carbocycles. The van der Waals surface area contributed by atoms with Crippen molar-refractivity contribution in [3.8, 4) is 6.07 Å². The molecule has 1 spiro atoms. The monoisotopic (exact) mass is 388 g/mol. The number of aromatic nitrogens is 1. The fourth-order valence-corrected chi connectivity index (χ4v) is 4.65. The molecule has 1 saturated heterocycles. The van der Waals surface area contributed by atoms with Crippen molar-refractivity contribution in [2.75, 3.05) is 11.4 Å². The average molecular weight is 388 g/mol. The van der Waals surface area contributed by atoms with Gasteiger partial charge in [-0.3, -0.25) is 9.59 Å². The van der Waals surface area contributed by atoms with Gasteiger partial charge in [0, 0.05) is 24.0 Å². The van der Waals surface area contributed by atoms with Gasteiger partial charge in [-0.15, -0.1) is 0 Å². The van der Waals surface area contributed by atoms with Gasteiger partial charge in [0.25, 0.3) is 5.91 Å². The van der Waals surface area contributed by atoms with Crippen LogP contribution >= 0.6 is 0 Å². The van der Waals surface area contributed by atoms with Crippen LogP contribution in [0.5, 0.6) is 0 Å². The molecule has 1 saturated carbocycles. The molecule has 1 aromatic heterocycles. The number of anilines is 1. The Balaban J connectivity index is 1.48. The molecule has 2 aliphatic rings. The minimum absolute atomic E-state index is 0.0343. The van der Waals surface area contributed by atoms with Crippen LogP contribution in [0, 0.1) is 23.7 Å². The largest absolute Gasteiger partial charge is 0.348 e. The molecular formula is C23H24N4O2. The van der Waals surface area contributed by atoms with E-state index in [0.717, 1.165) is 37.1 Å². The van der Waals surface area contributed by atoms with Gasteiger partial charge in [-0.1, -0.05) is 18.6 Å². The predicted molar refractivity (Wildman–Crippen MR) is 109 cm³/mol. The fraction of sp³-hybridized carbons (Fsp3) is 0.391. The summed E-state index contributed by atoms with van der Waals surface area (Å²) in [5, 5.41) is 12.2. The van der Waals surface area contributed by atoms with E-state index in [1.807, 2.05) is 31.2 Å². The third-order valence-corrected chi connectivity index (χ3v) is 6.10. The number of nitrogens with zero attached hydrogens (tertiary/aromatic N) is 3. The van der Waals surface area contributed by atoms with Crippen LogP contribution in [-0.4, -0.2) is 29.4 Å². The topological polar surface area (TPSA) is 86.1 Å². The Bertz CT molecular complexity index is 996. The van der Waals surface area contributed by atoms with Gasteiger partial charge < -0.3 is 10.2 Å². The first-order valence-corrected chi connectivity index (χ1v) is 10.1. The maximum absolute atomic E-state index is 13.3. The SMILES string of the molecule is Cc1cccc(C(=O)N[C@H]2CCC[C@]3(CCN(c4cccc(C#N)c4)C3=O)C2)n1. The number of hydrogen-bond acceptors (Lipinski definition) is 4. The van der Waals surface area contributed by atoms with Gasteiger partial charge in [0.15, 0.2) is 0 Å². The third kappa shape index (κ3) is 3.73. The Hall–Kier alpha value is -3.20. The van der Waals surface area contributed by atoms with Crippen molar-refractivity contribution < 1.29 is 9.59 Å². The minimum atomic E-state index is -0.432. The Morgan fingerprint density at radius 1 is 1.28 bits per heavy atom. The summed E-state index contributed by atoms with van der Waals surface area (Å²) in [5.74, 6) is -0.0695. The van der Waals surface area contributed by atoms with Crippen molar-refractivity contribution in [1.82, 2.24) is 10.3 Å². The van der Waals surface area contributed by atoms with Crippen LogP contribution in [0.25, 0.3) is 0 Å². The summed E-state index contributed by atoms with van der Waals surface area (Å²) >= 11 is 0. The molecule has 6 heteroatoms. The molecule has 1 aliphatic heterocycles. The highest BCUT2D eigenvalue weighted by atomic mass is 16.2. The van der Waals surface area contributed by atoms with Gasteiger partial charge in [-0.25, -0.2) is 4.98 Å². The van der Waals surface area contributed by atoms with Crippen LogP contribution in [0.2, 0.25) is 0 Å². The highest BCUT2D eigenvalue weighted by Crippen LogP contribution is 2.46. The number of nitriles is 1. The molecule has 2 amide bonds. The first-order chi connectivity index (χ1) is 14.0. The number of rotatable bonds is 3. The summed E-state index contributed by atoms with van der Waals surface area (Å²) in [6, 6.07) is 14.7. The lowest BCUT2D eigenvalue weighted by atomic mass is 9.71. The van der Waals surface area contributed by atoms with Crippen molar-refractivity contribution >= 4 is 17.5 Å². The van der Waals surface area contributed by atoms with E-state index in [0.29, 0.717) is 24.2 Å². The highest BCUT2D eigenvalue weighted by molar-refractivity contribution is 6.00. The maximum Gasteiger partial charge on any atom is 0.270 e. The molecule has 2 atom stereocenters. The molecule has 148 valence electrons. The highest BCUT2D eigenvalue weighted by Gasteiger charge is 2.49. The molecule has 0 bridgehead atoms. The van der Waals surface area contributed by atoms with Crippen molar-refractivity contribution in [3.05, 3.63) is 59.4 Å². The number of pyridine rings is 1. The van der Waals surface area contributed by atoms with Crippen LogP contribution in [-0.2, 0) is 4.79 Å². The molecule has 2 aromatic rings. The Morgan fingerprint density at radius 3 is 2.90 bits per heavy atom. The van der Waals surface area contributed by atoms with E-state index in [-0.39, 0.29) is 17.9 Å². The van der Waals surface area contributed by atoms with Gasteiger partial charge in [0.2, 0.25) is 5.91 Å². The van der Waals surface area contributed by atoms with E-state index in [2.05, 4.69) is 16.4 Å². The standard InChI is InChI=1S/C23H24N4O2/c1-16-5-2-9-20(25-16)21(28)26-18-7-4-10-23(14-18)11-12-27(22(23)29)19-8-3-6-17(13-19)15-24/h2-3,5-6,8-9,13,18H,4,7,10-12,14H2,1H3,(H,26,28)/t18-,23-/m0/s1. The summed E-state index contributed by atoms with van der Waals surface area (Å²) in [6.45, 7) is 2.51. The number of aryl methyl sites for hydroxylation is 1. The van der Waals surface area contributed by atoms with E-state index in [4.69, 9.17) is 5.26 Å². The lowest BCUT2D eigenvalue weighted by Gasteiger charge is -2.36. The number of carbonyl (C=O) groups is 2. The summed E-state index contributed by atoms with van der Waals surface area (Å²) < 4.78 is 0. The van der Waals surface area contributed by atoms with Gasteiger partial charge in [0.05, 0.1) is 17.0 Å². The van der Waals surface area contributed by atoms with E-state index >= 15 is 0 Å². The molecule has 2 fully saturated rings. The molecule has 1 N–H and O–H groups in total. The first kappa shape index (κ1) is 19.1. The maximum atomic E-state index is 13.3. The number of benzene rings is 1. The van der Waals surface area contributed by atoms with Crippen LogP contribution in [0.1, 0.15) is 53.8 Å². The summed E-state index contributed by atoms with van der Waals surface area (Å²) in [4.78, 5) is 32.0. The molecule has 6 nitrogen and oxygen atoms in total. The molecular weight excluding hydrogens is 364 g/mol. The van der Waals surface area contributed by atoms with E-state index in [9.17, 15) is 9.59 Å². The lowest BCUT2D eigenvalue weighted by Crippen LogP contribution is -2.46. The second-order valence-electron chi connectivity index (χ2n) is 8.08. The van der Waals surface area contributed by atoms with Crippen molar-refractivity contribution in [1.29, 1.82) is 5.26 Å². The summed E-state index contributed by atoms with van der Waals surface area (Å²) in [6.07, 6.45) is 4.05. The normalized spacial score (nSPS) is 23.8. The fourth-order valence-electron chi connectivity index (χ4n) is 4.65. The van der Waals surface area contributed by atoms with E-state index in [1.54, 1.807) is 23.1 Å². The van der Waals surface area contributed by atoms with Crippen LogP contribution in [0.15, 0.2) is 42.5 Å². The lowest BCUT2D eigenvalue weighted by molar-refractivity contribution is -0.127. The molecule has 1 aliphatic carbocycles.